The second kappa shape index (κ2) is 4.16. The van der Waals surface area contributed by atoms with Gasteiger partial charge in [-0.15, -0.1) is 0 Å². The number of aliphatic hydroxyl groups is 2. The van der Waals surface area contributed by atoms with E-state index < -0.39 is 29.7 Å². The Balaban J connectivity index is 2.31. The quantitative estimate of drug-likeness (QED) is 0.519. The van der Waals surface area contributed by atoms with E-state index in [-0.39, 0.29) is 13.0 Å². The number of aliphatic hydroxyl groups excluding tert-OH is 2. The molecule has 0 saturated carbocycles. The van der Waals surface area contributed by atoms with Crippen molar-refractivity contribution < 1.29 is 14.9 Å². The van der Waals surface area contributed by atoms with Gasteiger partial charge in [0.05, 0.1) is 12.7 Å². The third kappa shape index (κ3) is 1.90. The Morgan fingerprint density at radius 1 is 1.62 bits per heavy atom. The Labute approximate surface area is 89.1 Å². The molecule has 16 heavy (non-hydrogen) atoms. The molecule has 3 N–H and O–H groups in total. The van der Waals surface area contributed by atoms with Gasteiger partial charge in [0.25, 0.3) is 5.56 Å². The molecular formula is C8H11N3O5. The highest BCUT2D eigenvalue weighted by atomic mass is 16.5. The zero-order chi connectivity index (χ0) is 11.7. The second-order valence-electron chi connectivity index (χ2n) is 3.52. The van der Waals surface area contributed by atoms with E-state index in [1.165, 1.54) is 0 Å². The summed E-state index contributed by atoms with van der Waals surface area (Å²) in [5, 5.41) is 22.0. The van der Waals surface area contributed by atoms with E-state index in [9.17, 15) is 14.7 Å². The Morgan fingerprint density at radius 2 is 2.38 bits per heavy atom. The van der Waals surface area contributed by atoms with Crippen LogP contribution in [0.15, 0.2) is 15.8 Å². The number of aromatic nitrogens is 3. The maximum Gasteiger partial charge on any atom is 0.347 e. The third-order valence-corrected chi connectivity index (χ3v) is 2.35. The summed E-state index contributed by atoms with van der Waals surface area (Å²) in [5.74, 6) is 0. The summed E-state index contributed by atoms with van der Waals surface area (Å²) in [6.07, 6.45) is -1.30. The number of nitrogens with zero attached hydrogens (tertiary/aromatic N) is 2. The molecular weight excluding hydrogens is 218 g/mol. The summed E-state index contributed by atoms with van der Waals surface area (Å²) >= 11 is 0. The van der Waals surface area contributed by atoms with Crippen LogP contribution in [0.25, 0.3) is 0 Å². The van der Waals surface area contributed by atoms with Gasteiger partial charge < -0.3 is 14.9 Å². The molecule has 1 fully saturated rings. The number of ether oxygens (including phenoxy) is 1. The predicted octanol–water partition coefficient (Wildman–Crippen LogP) is -2.43. The topological polar surface area (TPSA) is 117 Å². The number of nitrogens with one attached hydrogen (secondary N) is 1. The van der Waals surface area contributed by atoms with Gasteiger partial charge in [-0.1, -0.05) is 0 Å². The molecule has 0 aliphatic carbocycles. The molecule has 8 heteroatoms. The first-order chi connectivity index (χ1) is 7.61. The highest BCUT2D eigenvalue weighted by molar-refractivity contribution is 4.81. The van der Waals surface area contributed by atoms with Gasteiger partial charge in [0, 0.05) is 6.42 Å². The molecule has 3 atom stereocenters. The fraction of sp³-hybridized carbons (Fsp3) is 0.625. The Hall–Kier alpha value is -1.51. The van der Waals surface area contributed by atoms with E-state index in [0.717, 1.165) is 10.9 Å². The number of hydrogen-bond donors (Lipinski definition) is 3. The lowest BCUT2D eigenvalue weighted by Crippen LogP contribution is -2.37. The summed E-state index contributed by atoms with van der Waals surface area (Å²) in [5.41, 5.74) is -1.37. The van der Waals surface area contributed by atoms with Crippen LogP contribution in [0, 0.1) is 0 Å². The van der Waals surface area contributed by atoms with Crippen LogP contribution in [0.3, 0.4) is 0 Å². The molecule has 8 nitrogen and oxygen atoms in total. The van der Waals surface area contributed by atoms with E-state index in [1.54, 1.807) is 0 Å². The smallest absolute Gasteiger partial charge is 0.347 e. The van der Waals surface area contributed by atoms with Crippen molar-refractivity contribution in [3.05, 3.63) is 27.0 Å². The second-order valence-corrected chi connectivity index (χ2v) is 3.52. The summed E-state index contributed by atoms with van der Waals surface area (Å²) in [7, 11) is 0. The van der Waals surface area contributed by atoms with Crippen LogP contribution in [0.5, 0.6) is 0 Å². The molecule has 0 radical (unpaired) electrons. The van der Waals surface area contributed by atoms with Gasteiger partial charge in [-0.25, -0.2) is 4.79 Å². The summed E-state index contributed by atoms with van der Waals surface area (Å²) < 4.78 is 6.06. The SMILES string of the molecule is O=c1cnn([C@@H]2O[C@H](CO)CC2O)c(=O)[nH]1. The van der Waals surface area contributed by atoms with Crippen LogP contribution in [0.1, 0.15) is 12.6 Å². The van der Waals surface area contributed by atoms with Crippen LogP contribution in [0.4, 0.5) is 0 Å². The van der Waals surface area contributed by atoms with Gasteiger partial charge in [-0.05, 0) is 0 Å². The zero-order valence-electron chi connectivity index (χ0n) is 8.24. The predicted molar refractivity (Wildman–Crippen MR) is 50.7 cm³/mol. The van der Waals surface area contributed by atoms with E-state index in [0.29, 0.717) is 0 Å². The third-order valence-electron chi connectivity index (χ3n) is 2.35. The molecule has 1 aliphatic heterocycles. The van der Waals surface area contributed by atoms with Gasteiger partial charge in [0.15, 0.2) is 6.23 Å². The van der Waals surface area contributed by atoms with Gasteiger partial charge in [-0.3, -0.25) is 9.78 Å². The zero-order valence-corrected chi connectivity index (χ0v) is 8.24. The molecule has 1 aromatic heterocycles. The summed E-state index contributed by atoms with van der Waals surface area (Å²) in [4.78, 5) is 24.1. The molecule has 1 aliphatic rings. The summed E-state index contributed by atoms with van der Waals surface area (Å²) in [6, 6.07) is 0. The van der Waals surface area contributed by atoms with Gasteiger partial charge >= 0.3 is 5.69 Å². The van der Waals surface area contributed by atoms with Crippen molar-refractivity contribution in [1.82, 2.24) is 14.8 Å². The molecule has 0 spiro atoms. The molecule has 1 aromatic rings. The molecule has 1 unspecified atom stereocenters. The van der Waals surface area contributed by atoms with E-state index in [2.05, 4.69) is 5.10 Å². The minimum absolute atomic E-state index is 0.217. The first-order valence-corrected chi connectivity index (χ1v) is 4.74. The first-order valence-electron chi connectivity index (χ1n) is 4.74. The standard InChI is InChI=1S/C8H11N3O5/c12-3-4-1-5(13)7(16-4)11-8(15)10-6(14)2-9-11/h2,4-5,7,12-13H,1,3H2,(H,10,14,15)/t4-,5?,7+/m0/s1. The lowest BCUT2D eigenvalue weighted by atomic mass is 10.2. The molecule has 1 saturated heterocycles. The number of aromatic amines is 1. The molecule has 88 valence electrons. The van der Waals surface area contributed by atoms with Crippen LogP contribution >= 0.6 is 0 Å². The minimum Gasteiger partial charge on any atom is -0.394 e. The van der Waals surface area contributed by atoms with Crippen LogP contribution in [-0.2, 0) is 4.74 Å². The van der Waals surface area contributed by atoms with Gasteiger partial charge in [0.1, 0.15) is 12.3 Å². The van der Waals surface area contributed by atoms with E-state index in [1.807, 2.05) is 4.98 Å². The minimum atomic E-state index is -0.971. The average Bonchev–Trinajstić information content (AvgIpc) is 2.60. The van der Waals surface area contributed by atoms with Crippen molar-refractivity contribution in [3.63, 3.8) is 0 Å². The number of rotatable bonds is 2. The van der Waals surface area contributed by atoms with Crippen LogP contribution in [0.2, 0.25) is 0 Å². The summed E-state index contributed by atoms with van der Waals surface area (Å²) in [6.45, 7) is -0.244. The van der Waals surface area contributed by atoms with Gasteiger partial charge in [-0.2, -0.15) is 9.78 Å². The average molecular weight is 229 g/mol. The molecule has 2 heterocycles. The normalized spacial score (nSPS) is 29.5. The van der Waals surface area contributed by atoms with Crippen molar-refractivity contribution in [3.8, 4) is 0 Å². The highest BCUT2D eigenvalue weighted by Crippen LogP contribution is 2.26. The van der Waals surface area contributed by atoms with Crippen molar-refractivity contribution in [2.75, 3.05) is 6.61 Å². The van der Waals surface area contributed by atoms with Crippen molar-refractivity contribution in [2.24, 2.45) is 0 Å². The molecule has 0 bridgehead atoms. The van der Waals surface area contributed by atoms with Crippen molar-refractivity contribution in [1.29, 1.82) is 0 Å². The molecule has 0 amide bonds. The van der Waals surface area contributed by atoms with Gasteiger partial charge in [0.2, 0.25) is 0 Å². The molecule has 0 aromatic carbocycles. The first kappa shape index (κ1) is 11.0. The highest BCUT2D eigenvalue weighted by Gasteiger charge is 2.36. The van der Waals surface area contributed by atoms with Crippen molar-refractivity contribution >= 4 is 0 Å². The van der Waals surface area contributed by atoms with E-state index >= 15 is 0 Å². The Bertz CT molecular complexity index is 481. The maximum absolute atomic E-state index is 11.4. The fourth-order valence-corrected chi connectivity index (χ4v) is 1.61. The Kier molecular flexibility index (Phi) is 2.86. The van der Waals surface area contributed by atoms with Crippen molar-refractivity contribution in [2.45, 2.75) is 24.9 Å². The molecule has 2 rings (SSSR count). The lowest BCUT2D eigenvalue weighted by molar-refractivity contribution is -0.0604. The fourth-order valence-electron chi connectivity index (χ4n) is 1.61. The monoisotopic (exact) mass is 229 g/mol. The van der Waals surface area contributed by atoms with Crippen LogP contribution in [-0.4, -0.2) is 43.8 Å². The maximum atomic E-state index is 11.4. The van der Waals surface area contributed by atoms with E-state index in [4.69, 9.17) is 9.84 Å². The number of H-pyrrole nitrogens is 1. The Morgan fingerprint density at radius 3 is 2.94 bits per heavy atom. The largest absolute Gasteiger partial charge is 0.394 e. The number of hydrogen-bond acceptors (Lipinski definition) is 6. The van der Waals surface area contributed by atoms with Crippen LogP contribution < -0.4 is 11.2 Å². The lowest BCUT2D eigenvalue weighted by Gasteiger charge is -2.14.